The zero-order valence-corrected chi connectivity index (χ0v) is 12.9. The van der Waals surface area contributed by atoms with E-state index in [1.165, 1.54) is 11.1 Å². The van der Waals surface area contributed by atoms with Gasteiger partial charge in [0.1, 0.15) is 0 Å². The lowest BCUT2D eigenvalue weighted by atomic mass is 10.1. The molecular formula is C16H19BrN2. The Hall–Kier alpha value is -1.48. The third-order valence-electron chi connectivity index (χ3n) is 3.22. The van der Waals surface area contributed by atoms with Crippen LogP contribution in [0.4, 0.5) is 11.4 Å². The first-order chi connectivity index (χ1) is 9.06. The summed E-state index contributed by atoms with van der Waals surface area (Å²) in [6, 6.07) is 14.7. The summed E-state index contributed by atoms with van der Waals surface area (Å²) in [6.07, 6.45) is 1.02. The van der Waals surface area contributed by atoms with Crippen LogP contribution in [0.2, 0.25) is 0 Å². The van der Waals surface area contributed by atoms with Crippen LogP contribution in [0, 0.1) is 6.92 Å². The maximum Gasteiger partial charge on any atom is 0.0598 e. The molecule has 0 spiro atoms. The quantitative estimate of drug-likeness (QED) is 0.863. The average Bonchev–Trinajstić information content (AvgIpc) is 2.36. The second kappa shape index (κ2) is 6.11. The number of halogens is 1. The monoisotopic (exact) mass is 318 g/mol. The molecule has 0 heterocycles. The minimum atomic E-state index is 0.807. The van der Waals surface area contributed by atoms with Gasteiger partial charge < -0.3 is 10.6 Å². The van der Waals surface area contributed by atoms with Crippen LogP contribution in [0.5, 0.6) is 0 Å². The van der Waals surface area contributed by atoms with Gasteiger partial charge in [0.15, 0.2) is 0 Å². The van der Waals surface area contributed by atoms with Crippen LogP contribution in [0.25, 0.3) is 0 Å². The lowest BCUT2D eigenvalue weighted by molar-refractivity contribution is 0.877. The zero-order valence-electron chi connectivity index (χ0n) is 11.4. The van der Waals surface area contributed by atoms with E-state index in [2.05, 4.69) is 65.1 Å². The number of anilines is 2. The SMILES string of the molecule is Cc1cccc(CCN(C)c2ccc(Br)cc2N)c1. The van der Waals surface area contributed by atoms with Crippen molar-refractivity contribution in [1.82, 2.24) is 0 Å². The Balaban J connectivity index is 2.03. The summed E-state index contributed by atoms with van der Waals surface area (Å²) in [5.41, 5.74) is 10.6. The number of nitrogens with zero attached hydrogens (tertiary/aromatic N) is 1. The van der Waals surface area contributed by atoms with Gasteiger partial charge in [-0.1, -0.05) is 45.8 Å². The second-order valence-corrected chi connectivity index (χ2v) is 5.78. The number of likely N-dealkylation sites (N-methyl/N-ethyl adjacent to an activating group) is 1. The van der Waals surface area contributed by atoms with Crippen molar-refractivity contribution < 1.29 is 0 Å². The molecule has 0 fully saturated rings. The summed E-state index contributed by atoms with van der Waals surface area (Å²) in [6.45, 7) is 3.08. The van der Waals surface area contributed by atoms with Gasteiger partial charge in [-0.3, -0.25) is 0 Å². The van der Waals surface area contributed by atoms with Crippen LogP contribution >= 0.6 is 15.9 Å². The molecule has 0 amide bonds. The maximum absolute atomic E-state index is 6.04. The molecule has 0 aliphatic heterocycles. The van der Waals surface area contributed by atoms with Crippen molar-refractivity contribution in [3.8, 4) is 0 Å². The van der Waals surface area contributed by atoms with Gasteiger partial charge >= 0.3 is 0 Å². The van der Waals surface area contributed by atoms with E-state index in [0.717, 1.165) is 28.8 Å². The number of nitrogen functional groups attached to an aromatic ring is 1. The molecule has 2 nitrogen and oxygen atoms in total. The van der Waals surface area contributed by atoms with Crippen molar-refractivity contribution in [2.75, 3.05) is 24.2 Å². The lowest BCUT2D eigenvalue weighted by Crippen LogP contribution is -2.21. The van der Waals surface area contributed by atoms with Crippen molar-refractivity contribution in [2.45, 2.75) is 13.3 Å². The summed E-state index contributed by atoms with van der Waals surface area (Å²) >= 11 is 3.43. The molecule has 2 aromatic carbocycles. The highest BCUT2D eigenvalue weighted by atomic mass is 79.9. The van der Waals surface area contributed by atoms with Gasteiger partial charge in [0, 0.05) is 18.1 Å². The Morgan fingerprint density at radius 3 is 2.63 bits per heavy atom. The molecule has 100 valence electrons. The van der Waals surface area contributed by atoms with Crippen molar-refractivity contribution in [2.24, 2.45) is 0 Å². The van der Waals surface area contributed by atoms with Crippen LogP contribution in [0.1, 0.15) is 11.1 Å². The second-order valence-electron chi connectivity index (χ2n) is 4.86. The fourth-order valence-corrected chi connectivity index (χ4v) is 2.54. The molecule has 2 aromatic rings. The Labute approximate surface area is 123 Å². The van der Waals surface area contributed by atoms with Gasteiger partial charge in [0.2, 0.25) is 0 Å². The highest BCUT2D eigenvalue weighted by Gasteiger charge is 2.06. The van der Waals surface area contributed by atoms with Gasteiger partial charge in [0.05, 0.1) is 11.4 Å². The first-order valence-electron chi connectivity index (χ1n) is 6.38. The molecule has 0 bridgehead atoms. The minimum absolute atomic E-state index is 0.807. The molecule has 0 unspecified atom stereocenters. The van der Waals surface area contributed by atoms with E-state index >= 15 is 0 Å². The molecule has 0 aliphatic carbocycles. The van der Waals surface area contributed by atoms with Crippen LogP contribution < -0.4 is 10.6 Å². The molecule has 3 heteroatoms. The first-order valence-corrected chi connectivity index (χ1v) is 7.17. The third kappa shape index (κ3) is 3.74. The Morgan fingerprint density at radius 2 is 1.95 bits per heavy atom. The number of benzene rings is 2. The molecule has 0 atom stereocenters. The smallest absolute Gasteiger partial charge is 0.0598 e. The van der Waals surface area contributed by atoms with E-state index < -0.39 is 0 Å². The third-order valence-corrected chi connectivity index (χ3v) is 3.71. The van der Waals surface area contributed by atoms with E-state index in [4.69, 9.17) is 5.73 Å². The number of aryl methyl sites for hydroxylation is 1. The summed E-state index contributed by atoms with van der Waals surface area (Å²) in [5, 5.41) is 0. The molecule has 0 aliphatic rings. The van der Waals surface area contributed by atoms with Gasteiger partial charge in [-0.05, 0) is 37.1 Å². The fourth-order valence-electron chi connectivity index (χ4n) is 2.16. The molecule has 0 saturated carbocycles. The summed E-state index contributed by atoms with van der Waals surface area (Å²) in [4.78, 5) is 2.20. The van der Waals surface area contributed by atoms with Crippen LogP contribution in [-0.4, -0.2) is 13.6 Å². The largest absolute Gasteiger partial charge is 0.397 e. The maximum atomic E-state index is 6.04. The van der Waals surface area contributed by atoms with Gasteiger partial charge in [-0.15, -0.1) is 0 Å². The van der Waals surface area contributed by atoms with E-state index in [9.17, 15) is 0 Å². The molecule has 0 radical (unpaired) electrons. The predicted molar refractivity (Wildman–Crippen MR) is 86.7 cm³/mol. The molecule has 19 heavy (non-hydrogen) atoms. The van der Waals surface area contributed by atoms with E-state index in [1.54, 1.807) is 0 Å². The van der Waals surface area contributed by atoms with Crippen LogP contribution in [-0.2, 0) is 6.42 Å². The molecule has 0 saturated heterocycles. The fraction of sp³-hybridized carbons (Fsp3) is 0.250. The molecule has 2 rings (SSSR count). The number of nitrogens with two attached hydrogens (primary N) is 1. The summed E-state index contributed by atoms with van der Waals surface area (Å²) in [5.74, 6) is 0. The van der Waals surface area contributed by atoms with Crippen molar-refractivity contribution in [3.63, 3.8) is 0 Å². The molecule has 2 N–H and O–H groups in total. The average molecular weight is 319 g/mol. The standard InChI is InChI=1S/C16H19BrN2/c1-12-4-3-5-13(10-12)8-9-19(2)16-7-6-14(17)11-15(16)18/h3-7,10-11H,8-9,18H2,1-2H3. The minimum Gasteiger partial charge on any atom is -0.397 e. The highest BCUT2D eigenvalue weighted by molar-refractivity contribution is 9.10. The van der Waals surface area contributed by atoms with E-state index in [-0.39, 0.29) is 0 Å². The van der Waals surface area contributed by atoms with Crippen molar-refractivity contribution >= 4 is 27.3 Å². The lowest BCUT2D eigenvalue weighted by Gasteiger charge is -2.21. The van der Waals surface area contributed by atoms with Crippen LogP contribution in [0.15, 0.2) is 46.9 Å². The Bertz CT molecular complexity index is 566. The van der Waals surface area contributed by atoms with Crippen molar-refractivity contribution in [3.05, 3.63) is 58.1 Å². The molecular weight excluding hydrogens is 300 g/mol. The van der Waals surface area contributed by atoms with Crippen molar-refractivity contribution in [1.29, 1.82) is 0 Å². The van der Waals surface area contributed by atoms with E-state index in [0.29, 0.717) is 0 Å². The number of hydrogen-bond acceptors (Lipinski definition) is 2. The number of hydrogen-bond donors (Lipinski definition) is 1. The summed E-state index contributed by atoms with van der Waals surface area (Å²) < 4.78 is 1.01. The van der Waals surface area contributed by atoms with Gasteiger partial charge in [-0.25, -0.2) is 0 Å². The first kappa shape index (κ1) is 13.9. The Morgan fingerprint density at radius 1 is 1.16 bits per heavy atom. The summed E-state index contributed by atoms with van der Waals surface area (Å²) in [7, 11) is 2.08. The molecule has 0 aromatic heterocycles. The topological polar surface area (TPSA) is 29.3 Å². The zero-order chi connectivity index (χ0) is 13.8. The van der Waals surface area contributed by atoms with Gasteiger partial charge in [0.25, 0.3) is 0 Å². The highest BCUT2D eigenvalue weighted by Crippen LogP contribution is 2.25. The van der Waals surface area contributed by atoms with Crippen LogP contribution in [0.3, 0.4) is 0 Å². The predicted octanol–water partition coefficient (Wildman–Crippen LogP) is 4.02. The van der Waals surface area contributed by atoms with E-state index in [1.807, 2.05) is 12.1 Å². The Kier molecular flexibility index (Phi) is 4.48. The number of rotatable bonds is 4. The normalized spacial score (nSPS) is 10.5. The van der Waals surface area contributed by atoms with Gasteiger partial charge in [-0.2, -0.15) is 0 Å².